The first-order valence-corrected chi connectivity index (χ1v) is 13.4. The minimum absolute atomic E-state index is 0.0791. The van der Waals surface area contributed by atoms with Crippen LogP contribution < -0.4 is 19.7 Å². The van der Waals surface area contributed by atoms with E-state index >= 15 is 0 Å². The Labute approximate surface area is 219 Å². The van der Waals surface area contributed by atoms with E-state index in [4.69, 9.17) is 19.4 Å². The van der Waals surface area contributed by atoms with Crippen molar-refractivity contribution in [3.8, 4) is 11.5 Å². The predicted molar refractivity (Wildman–Crippen MR) is 147 cm³/mol. The Morgan fingerprint density at radius 1 is 1.00 bits per heavy atom. The molecule has 0 spiro atoms. The van der Waals surface area contributed by atoms with Crippen LogP contribution in [0.1, 0.15) is 45.2 Å². The van der Waals surface area contributed by atoms with Gasteiger partial charge in [0.1, 0.15) is 11.5 Å². The van der Waals surface area contributed by atoms with E-state index in [1.54, 1.807) is 12.1 Å². The van der Waals surface area contributed by atoms with E-state index in [0.29, 0.717) is 17.5 Å². The minimum Gasteiger partial charge on any atom is -0.491 e. The molecule has 2 fully saturated rings. The van der Waals surface area contributed by atoms with E-state index < -0.39 is 0 Å². The van der Waals surface area contributed by atoms with Gasteiger partial charge < -0.3 is 24.6 Å². The molecule has 1 aromatic heterocycles. The summed E-state index contributed by atoms with van der Waals surface area (Å²) in [6, 6.07) is 13.7. The standard InChI is InChI=1S/C29H37N5O3/c1-20(2)37-25-9-7-24(8-10-25)36-19-28(35)31-22-6-11-27-26(18-22)21(3)30-29(32-27)34-16-12-23(13-17-34)33-14-4-5-15-33/h6-11,18,20,23H,4-5,12-17,19H2,1-3H3,(H,31,35). The van der Waals surface area contributed by atoms with Crippen molar-refractivity contribution in [3.05, 3.63) is 48.2 Å². The largest absolute Gasteiger partial charge is 0.491 e. The van der Waals surface area contributed by atoms with Gasteiger partial charge in [-0.05, 0) is 102 Å². The Morgan fingerprint density at radius 2 is 1.70 bits per heavy atom. The summed E-state index contributed by atoms with van der Waals surface area (Å²) in [5.41, 5.74) is 2.51. The average molecular weight is 504 g/mol. The van der Waals surface area contributed by atoms with E-state index in [-0.39, 0.29) is 18.6 Å². The SMILES string of the molecule is Cc1nc(N2CCC(N3CCCC3)CC2)nc2ccc(NC(=O)COc3ccc(OC(C)C)cc3)cc12. The Morgan fingerprint density at radius 3 is 2.41 bits per heavy atom. The molecule has 8 nitrogen and oxygen atoms in total. The topological polar surface area (TPSA) is 79.8 Å². The van der Waals surface area contributed by atoms with Gasteiger partial charge >= 0.3 is 0 Å². The number of nitrogens with one attached hydrogen (secondary N) is 1. The highest BCUT2D eigenvalue weighted by molar-refractivity contribution is 5.95. The average Bonchev–Trinajstić information content (AvgIpc) is 3.43. The van der Waals surface area contributed by atoms with Crippen molar-refractivity contribution in [3.63, 3.8) is 0 Å². The number of aromatic nitrogens is 2. The number of anilines is 2. The molecule has 2 aliphatic heterocycles. The third-order valence-corrected chi connectivity index (χ3v) is 7.13. The van der Waals surface area contributed by atoms with Crippen molar-refractivity contribution >= 4 is 28.4 Å². The van der Waals surface area contributed by atoms with Gasteiger partial charge in [-0.1, -0.05) is 0 Å². The number of fused-ring (bicyclic) bond motifs is 1. The number of nitrogens with zero attached hydrogens (tertiary/aromatic N) is 4. The Balaban J connectivity index is 1.17. The minimum atomic E-state index is -0.224. The highest BCUT2D eigenvalue weighted by atomic mass is 16.5. The molecule has 5 rings (SSSR count). The normalized spacial score (nSPS) is 16.9. The summed E-state index contributed by atoms with van der Waals surface area (Å²) in [7, 11) is 0. The van der Waals surface area contributed by atoms with Gasteiger partial charge in [0.2, 0.25) is 5.95 Å². The first-order chi connectivity index (χ1) is 17.9. The highest BCUT2D eigenvalue weighted by Gasteiger charge is 2.27. The Kier molecular flexibility index (Phi) is 7.74. The molecule has 0 atom stereocenters. The molecule has 3 aromatic rings. The maximum Gasteiger partial charge on any atom is 0.262 e. The van der Waals surface area contributed by atoms with Crippen LogP contribution in [0.4, 0.5) is 11.6 Å². The van der Waals surface area contributed by atoms with Gasteiger partial charge in [-0.2, -0.15) is 0 Å². The van der Waals surface area contributed by atoms with Crippen LogP contribution in [0.2, 0.25) is 0 Å². The van der Waals surface area contributed by atoms with Crippen LogP contribution >= 0.6 is 0 Å². The maximum absolute atomic E-state index is 12.5. The zero-order valence-corrected chi connectivity index (χ0v) is 22.1. The summed E-state index contributed by atoms with van der Waals surface area (Å²) in [4.78, 5) is 27.1. The quantitative estimate of drug-likeness (QED) is 0.473. The predicted octanol–water partition coefficient (Wildman–Crippen LogP) is 4.81. The second kappa shape index (κ2) is 11.3. The van der Waals surface area contributed by atoms with E-state index in [1.165, 1.54) is 38.8 Å². The van der Waals surface area contributed by atoms with Gasteiger partial charge in [0.25, 0.3) is 5.91 Å². The number of carbonyl (C=O) groups is 1. The fraction of sp³-hybridized carbons (Fsp3) is 0.483. The molecule has 37 heavy (non-hydrogen) atoms. The fourth-order valence-corrected chi connectivity index (χ4v) is 5.26. The van der Waals surface area contributed by atoms with Crippen LogP contribution in [0.15, 0.2) is 42.5 Å². The smallest absolute Gasteiger partial charge is 0.262 e. The van der Waals surface area contributed by atoms with Gasteiger partial charge in [0, 0.05) is 30.2 Å². The lowest BCUT2D eigenvalue weighted by molar-refractivity contribution is -0.118. The summed E-state index contributed by atoms with van der Waals surface area (Å²) < 4.78 is 11.3. The lowest BCUT2D eigenvalue weighted by atomic mass is 10.0. The second-order valence-corrected chi connectivity index (χ2v) is 10.3. The van der Waals surface area contributed by atoms with Gasteiger partial charge in [0.15, 0.2) is 6.61 Å². The number of rotatable bonds is 8. The Bertz CT molecular complexity index is 1220. The molecule has 1 N–H and O–H groups in total. The van der Waals surface area contributed by atoms with Crippen molar-refractivity contribution in [1.29, 1.82) is 0 Å². The molecule has 0 radical (unpaired) electrons. The molecule has 2 saturated heterocycles. The lowest BCUT2D eigenvalue weighted by Gasteiger charge is -2.36. The number of amides is 1. The van der Waals surface area contributed by atoms with Crippen LogP contribution in [0, 0.1) is 6.92 Å². The van der Waals surface area contributed by atoms with Crippen molar-refractivity contribution in [2.24, 2.45) is 0 Å². The number of likely N-dealkylation sites (tertiary alicyclic amines) is 1. The molecule has 0 bridgehead atoms. The second-order valence-electron chi connectivity index (χ2n) is 10.3. The summed E-state index contributed by atoms with van der Waals surface area (Å²) in [6.45, 7) is 10.4. The highest BCUT2D eigenvalue weighted by Crippen LogP contribution is 2.27. The van der Waals surface area contributed by atoms with Gasteiger partial charge in [-0.15, -0.1) is 0 Å². The Hall–Kier alpha value is -3.39. The maximum atomic E-state index is 12.5. The van der Waals surface area contributed by atoms with Crippen LogP contribution in [0.25, 0.3) is 10.9 Å². The molecule has 2 aromatic carbocycles. The molecular weight excluding hydrogens is 466 g/mol. The molecule has 1 amide bonds. The number of hydrogen-bond donors (Lipinski definition) is 1. The molecule has 196 valence electrons. The van der Waals surface area contributed by atoms with Gasteiger partial charge in [-0.3, -0.25) is 4.79 Å². The van der Waals surface area contributed by atoms with E-state index in [1.807, 2.05) is 51.1 Å². The van der Waals surface area contributed by atoms with E-state index in [0.717, 1.165) is 41.4 Å². The molecule has 0 saturated carbocycles. The lowest BCUT2D eigenvalue weighted by Crippen LogP contribution is -2.44. The van der Waals surface area contributed by atoms with Crippen LogP contribution in [0.5, 0.6) is 11.5 Å². The number of carbonyl (C=O) groups excluding carboxylic acids is 1. The fourth-order valence-electron chi connectivity index (χ4n) is 5.26. The summed E-state index contributed by atoms with van der Waals surface area (Å²) >= 11 is 0. The van der Waals surface area contributed by atoms with Gasteiger partial charge in [-0.25, -0.2) is 9.97 Å². The van der Waals surface area contributed by atoms with Crippen LogP contribution in [-0.4, -0.2) is 65.7 Å². The molecule has 0 unspecified atom stereocenters. The number of aryl methyl sites for hydroxylation is 1. The third kappa shape index (κ3) is 6.31. The first kappa shape index (κ1) is 25.3. The third-order valence-electron chi connectivity index (χ3n) is 7.13. The zero-order chi connectivity index (χ0) is 25.8. The molecule has 8 heteroatoms. The van der Waals surface area contributed by atoms with Crippen LogP contribution in [-0.2, 0) is 4.79 Å². The molecule has 0 aliphatic carbocycles. The van der Waals surface area contributed by atoms with Crippen LogP contribution in [0.3, 0.4) is 0 Å². The number of piperidine rings is 1. The van der Waals surface area contributed by atoms with E-state index in [2.05, 4.69) is 15.1 Å². The number of benzene rings is 2. The molecule has 3 heterocycles. The summed E-state index contributed by atoms with van der Waals surface area (Å²) in [6.07, 6.45) is 5.12. The first-order valence-electron chi connectivity index (χ1n) is 13.4. The van der Waals surface area contributed by atoms with Crippen molar-refractivity contribution in [1.82, 2.24) is 14.9 Å². The number of hydrogen-bond acceptors (Lipinski definition) is 7. The van der Waals surface area contributed by atoms with Gasteiger partial charge in [0.05, 0.1) is 17.3 Å². The molecular formula is C29H37N5O3. The monoisotopic (exact) mass is 503 g/mol. The van der Waals surface area contributed by atoms with Crippen molar-refractivity contribution < 1.29 is 14.3 Å². The summed E-state index contributed by atoms with van der Waals surface area (Å²) in [5.74, 6) is 1.97. The van der Waals surface area contributed by atoms with Crippen molar-refractivity contribution in [2.45, 2.75) is 58.6 Å². The van der Waals surface area contributed by atoms with E-state index in [9.17, 15) is 4.79 Å². The van der Waals surface area contributed by atoms with Crippen molar-refractivity contribution in [2.75, 3.05) is 43.0 Å². The molecule has 2 aliphatic rings. The number of ether oxygens (including phenoxy) is 2. The zero-order valence-electron chi connectivity index (χ0n) is 22.1. The summed E-state index contributed by atoms with van der Waals surface area (Å²) in [5, 5.41) is 3.86.